The number of anilines is 1. The summed E-state index contributed by atoms with van der Waals surface area (Å²) in [6, 6.07) is 7.07. The summed E-state index contributed by atoms with van der Waals surface area (Å²) in [6.45, 7) is 1.55. The van der Waals surface area contributed by atoms with Gasteiger partial charge in [0, 0.05) is 14.1 Å². The van der Waals surface area contributed by atoms with Crippen LogP contribution in [0.2, 0.25) is 0 Å². The average Bonchev–Trinajstić information content (AvgIpc) is 2.92. The van der Waals surface area contributed by atoms with Crippen molar-refractivity contribution in [2.45, 2.75) is 6.92 Å². The Morgan fingerprint density at radius 2 is 1.92 bits per heavy atom. The Hall–Kier alpha value is -2.61. The van der Waals surface area contributed by atoms with Crippen molar-refractivity contribution in [3.05, 3.63) is 34.8 Å². The zero-order valence-corrected chi connectivity index (χ0v) is 14.8. The molecule has 128 valence electrons. The van der Waals surface area contributed by atoms with Crippen molar-refractivity contribution < 1.29 is 19.1 Å². The highest BCUT2D eigenvalue weighted by molar-refractivity contribution is 7.17. The molecule has 24 heavy (non-hydrogen) atoms. The summed E-state index contributed by atoms with van der Waals surface area (Å²) in [6.07, 6.45) is 0. The van der Waals surface area contributed by atoms with Crippen LogP contribution < -0.4 is 14.8 Å². The number of rotatable bonds is 6. The number of aryl methyl sites for hydroxylation is 1. The molecule has 0 radical (unpaired) electrons. The third kappa shape index (κ3) is 4.23. The second-order valence-corrected chi connectivity index (χ2v) is 6.12. The predicted molar refractivity (Wildman–Crippen MR) is 92.0 cm³/mol. The first-order valence-corrected chi connectivity index (χ1v) is 7.98. The lowest BCUT2D eigenvalue weighted by atomic mass is 10.3. The van der Waals surface area contributed by atoms with Crippen LogP contribution in [-0.2, 0) is 4.79 Å². The molecule has 1 N–H and O–H groups in total. The molecule has 8 heteroatoms. The third-order valence-corrected chi connectivity index (χ3v) is 4.13. The Kier molecular flexibility index (Phi) is 5.75. The van der Waals surface area contributed by atoms with Gasteiger partial charge in [0.15, 0.2) is 23.2 Å². The van der Waals surface area contributed by atoms with Crippen molar-refractivity contribution in [2.75, 3.05) is 33.1 Å². The summed E-state index contributed by atoms with van der Waals surface area (Å²) in [5.74, 6) is 0.525. The monoisotopic (exact) mass is 349 g/mol. The molecule has 0 fully saturated rings. The highest BCUT2D eigenvalue weighted by Crippen LogP contribution is 2.26. The SMILES string of the molecule is COc1ccccc1OCC(=O)Nc1nc(C)c(C(=O)N(C)C)s1. The molecule has 0 spiro atoms. The molecule has 1 heterocycles. The Morgan fingerprint density at radius 1 is 1.25 bits per heavy atom. The van der Waals surface area contributed by atoms with Crippen LogP contribution in [0.15, 0.2) is 24.3 Å². The number of amides is 2. The van der Waals surface area contributed by atoms with E-state index >= 15 is 0 Å². The minimum Gasteiger partial charge on any atom is -0.493 e. The van der Waals surface area contributed by atoms with Gasteiger partial charge in [0.25, 0.3) is 11.8 Å². The predicted octanol–water partition coefficient (Wildman–Crippen LogP) is 2.18. The van der Waals surface area contributed by atoms with Crippen LogP contribution in [0.4, 0.5) is 5.13 Å². The van der Waals surface area contributed by atoms with Crippen LogP contribution >= 0.6 is 11.3 Å². The van der Waals surface area contributed by atoms with Gasteiger partial charge in [-0.15, -0.1) is 0 Å². The third-order valence-electron chi connectivity index (χ3n) is 3.07. The molecule has 2 aromatic rings. The number of carbonyl (C=O) groups is 2. The van der Waals surface area contributed by atoms with Gasteiger partial charge >= 0.3 is 0 Å². The number of hydrogen-bond acceptors (Lipinski definition) is 6. The number of benzene rings is 1. The molecule has 1 aromatic heterocycles. The number of aromatic nitrogens is 1. The standard InChI is InChI=1S/C16H19N3O4S/c1-10-14(15(21)19(2)3)24-16(17-10)18-13(20)9-23-12-8-6-5-7-11(12)22-4/h5-8H,9H2,1-4H3,(H,17,18,20). The minimum absolute atomic E-state index is 0.143. The van der Waals surface area contributed by atoms with E-state index in [2.05, 4.69) is 10.3 Å². The van der Waals surface area contributed by atoms with E-state index in [1.54, 1.807) is 39.2 Å². The average molecular weight is 349 g/mol. The van der Waals surface area contributed by atoms with Gasteiger partial charge in [-0.1, -0.05) is 23.5 Å². The van der Waals surface area contributed by atoms with Gasteiger partial charge in [0.05, 0.1) is 12.8 Å². The molecule has 7 nitrogen and oxygen atoms in total. The van der Waals surface area contributed by atoms with Gasteiger partial charge in [-0.25, -0.2) is 4.98 Å². The second-order valence-electron chi connectivity index (χ2n) is 5.12. The Morgan fingerprint density at radius 3 is 2.54 bits per heavy atom. The topological polar surface area (TPSA) is 80.8 Å². The van der Waals surface area contributed by atoms with Gasteiger partial charge in [0.2, 0.25) is 0 Å². The van der Waals surface area contributed by atoms with Crippen LogP contribution in [0, 0.1) is 6.92 Å². The van der Waals surface area contributed by atoms with Gasteiger partial charge in [0.1, 0.15) is 4.88 Å². The van der Waals surface area contributed by atoms with Crippen molar-refractivity contribution in [3.8, 4) is 11.5 Å². The number of carbonyl (C=O) groups excluding carboxylic acids is 2. The first-order valence-electron chi connectivity index (χ1n) is 7.17. The molecule has 2 rings (SSSR count). The molecular weight excluding hydrogens is 330 g/mol. The number of para-hydroxylation sites is 2. The van der Waals surface area contributed by atoms with E-state index in [0.717, 1.165) is 11.3 Å². The van der Waals surface area contributed by atoms with Crippen molar-refractivity contribution in [1.82, 2.24) is 9.88 Å². The summed E-state index contributed by atoms with van der Waals surface area (Å²) in [7, 11) is 4.87. The maximum Gasteiger partial charge on any atom is 0.265 e. The van der Waals surface area contributed by atoms with Crippen molar-refractivity contribution >= 4 is 28.3 Å². The quantitative estimate of drug-likeness (QED) is 0.864. The lowest BCUT2D eigenvalue weighted by molar-refractivity contribution is -0.118. The molecule has 0 aliphatic rings. The van der Waals surface area contributed by atoms with Gasteiger partial charge in [-0.05, 0) is 19.1 Å². The van der Waals surface area contributed by atoms with Crippen LogP contribution in [-0.4, -0.2) is 49.5 Å². The molecule has 0 aliphatic heterocycles. The number of hydrogen-bond donors (Lipinski definition) is 1. The van der Waals surface area contributed by atoms with E-state index in [9.17, 15) is 9.59 Å². The van der Waals surface area contributed by atoms with Crippen LogP contribution in [0.1, 0.15) is 15.4 Å². The maximum atomic E-state index is 12.0. The molecule has 2 amide bonds. The second kappa shape index (κ2) is 7.78. The zero-order chi connectivity index (χ0) is 17.7. The molecular formula is C16H19N3O4S. The highest BCUT2D eigenvalue weighted by Gasteiger charge is 2.18. The minimum atomic E-state index is -0.362. The van der Waals surface area contributed by atoms with Crippen molar-refractivity contribution in [1.29, 1.82) is 0 Å². The van der Waals surface area contributed by atoms with Gasteiger partial charge in [-0.3, -0.25) is 14.9 Å². The van der Waals surface area contributed by atoms with E-state index < -0.39 is 0 Å². The molecule has 0 saturated heterocycles. The fourth-order valence-corrected chi connectivity index (χ4v) is 2.89. The number of nitrogens with one attached hydrogen (secondary N) is 1. The molecule has 0 saturated carbocycles. The first-order chi connectivity index (χ1) is 11.4. The molecule has 0 aliphatic carbocycles. The van der Waals surface area contributed by atoms with Crippen LogP contribution in [0.5, 0.6) is 11.5 Å². The Bertz CT molecular complexity index is 743. The fraction of sp³-hybridized carbons (Fsp3) is 0.312. The van der Waals surface area contributed by atoms with Gasteiger partial charge in [-0.2, -0.15) is 0 Å². The summed E-state index contributed by atoms with van der Waals surface area (Å²) in [4.78, 5) is 30.2. The zero-order valence-electron chi connectivity index (χ0n) is 14.0. The van der Waals surface area contributed by atoms with Gasteiger partial charge < -0.3 is 14.4 Å². The van der Waals surface area contributed by atoms with Crippen molar-refractivity contribution in [2.24, 2.45) is 0 Å². The highest BCUT2D eigenvalue weighted by atomic mass is 32.1. The van der Waals surface area contributed by atoms with E-state index in [1.165, 1.54) is 12.0 Å². The summed E-state index contributed by atoms with van der Waals surface area (Å²) < 4.78 is 10.6. The molecule has 0 unspecified atom stereocenters. The number of ether oxygens (including phenoxy) is 2. The van der Waals surface area contributed by atoms with E-state index in [4.69, 9.17) is 9.47 Å². The normalized spacial score (nSPS) is 10.2. The molecule has 1 aromatic carbocycles. The van der Waals surface area contributed by atoms with E-state index in [1.807, 2.05) is 6.07 Å². The smallest absolute Gasteiger partial charge is 0.265 e. The number of thiazole rings is 1. The van der Waals surface area contributed by atoms with Crippen LogP contribution in [0.3, 0.4) is 0 Å². The first kappa shape index (κ1) is 17.7. The fourth-order valence-electron chi connectivity index (χ4n) is 1.89. The largest absolute Gasteiger partial charge is 0.493 e. The maximum absolute atomic E-state index is 12.0. The lowest BCUT2D eigenvalue weighted by Crippen LogP contribution is -2.21. The van der Waals surface area contributed by atoms with E-state index in [0.29, 0.717) is 27.2 Å². The Labute approximate surface area is 144 Å². The lowest BCUT2D eigenvalue weighted by Gasteiger charge is -2.09. The Balaban J connectivity index is 1.98. The van der Waals surface area contributed by atoms with E-state index in [-0.39, 0.29) is 18.4 Å². The number of methoxy groups -OCH3 is 1. The molecule has 0 atom stereocenters. The molecule has 0 bridgehead atoms. The van der Waals surface area contributed by atoms with Crippen molar-refractivity contribution in [3.63, 3.8) is 0 Å². The van der Waals surface area contributed by atoms with Crippen LogP contribution in [0.25, 0.3) is 0 Å². The summed E-state index contributed by atoms with van der Waals surface area (Å²) >= 11 is 1.14. The number of nitrogens with zero attached hydrogens (tertiary/aromatic N) is 2. The summed E-state index contributed by atoms with van der Waals surface area (Å²) in [5, 5.41) is 3.00. The summed E-state index contributed by atoms with van der Waals surface area (Å²) in [5.41, 5.74) is 0.583.